The molecule has 296 valence electrons. The number of benzene rings is 2. The van der Waals surface area contributed by atoms with Crippen LogP contribution in [0.1, 0.15) is 57.7 Å². The number of piperidine rings is 1. The number of carbonyl (C=O) groups excluding carboxylic acids is 4. The number of hydrogen-bond acceptors (Lipinski definition) is 11. The van der Waals surface area contributed by atoms with E-state index in [0.29, 0.717) is 23.1 Å². The maximum Gasteiger partial charge on any atom is 0.262 e. The van der Waals surface area contributed by atoms with Crippen molar-refractivity contribution in [3.05, 3.63) is 108 Å². The lowest BCUT2D eigenvalue weighted by Gasteiger charge is -2.35. The number of pyridine rings is 3. The van der Waals surface area contributed by atoms with E-state index in [2.05, 4.69) is 61.9 Å². The topological polar surface area (TPSA) is 164 Å². The lowest BCUT2D eigenvalue weighted by Crippen LogP contribution is -2.54. The Morgan fingerprint density at radius 1 is 0.814 bits per heavy atom. The minimum Gasteiger partial charge on any atom is -0.491 e. The summed E-state index contributed by atoms with van der Waals surface area (Å²) in [4.78, 5) is 64.0. The molecule has 2 aromatic carbocycles. The predicted molar refractivity (Wildman–Crippen MR) is 215 cm³/mol. The molecule has 0 bridgehead atoms. The van der Waals surface area contributed by atoms with Crippen molar-refractivity contribution in [2.45, 2.75) is 50.9 Å². The van der Waals surface area contributed by atoms with Gasteiger partial charge in [0.2, 0.25) is 17.7 Å². The molecule has 2 fully saturated rings. The molecule has 1 saturated carbocycles. The second-order valence-corrected chi connectivity index (χ2v) is 14.7. The van der Waals surface area contributed by atoms with E-state index in [4.69, 9.17) is 18.9 Å². The number of ether oxygens (including phenoxy) is 4. The molecule has 6 heterocycles. The van der Waals surface area contributed by atoms with Crippen molar-refractivity contribution in [3.8, 4) is 40.3 Å². The largest absolute Gasteiger partial charge is 0.491 e. The van der Waals surface area contributed by atoms with Gasteiger partial charge in [-0.15, -0.1) is 0 Å². The zero-order valence-corrected chi connectivity index (χ0v) is 32.3. The molecular weight excluding hydrogens is 753 g/mol. The van der Waals surface area contributed by atoms with Crippen LogP contribution in [0.25, 0.3) is 32.9 Å². The quantitative estimate of drug-likeness (QED) is 0.103. The minimum atomic E-state index is -1.02. The highest BCUT2D eigenvalue weighted by molar-refractivity contribution is 6.23. The van der Waals surface area contributed by atoms with Gasteiger partial charge in [-0.2, -0.15) is 0 Å². The molecule has 1 unspecified atom stereocenters. The number of nitrogens with zero attached hydrogens (tertiary/aromatic N) is 5. The number of carbonyl (C=O) groups is 4. The van der Waals surface area contributed by atoms with E-state index in [1.165, 1.54) is 17.5 Å². The summed E-state index contributed by atoms with van der Waals surface area (Å²) in [6, 6.07) is 17.8. The van der Waals surface area contributed by atoms with E-state index in [1.807, 2.05) is 49.8 Å². The summed E-state index contributed by atoms with van der Waals surface area (Å²) in [7, 11) is 2.07. The van der Waals surface area contributed by atoms with Crippen LogP contribution in [0.2, 0.25) is 0 Å². The summed E-state index contributed by atoms with van der Waals surface area (Å²) in [5.74, 6) is 5.39. The zero-order valence-electron chi connectivity index (χ0n) is 32.3. The van der Waals surface area contributed by atoms with Crippen LogP contribution < -0.4 is 19.5 Å². The van der Waals surface area contributed by atoms with Crippen molar-refractivity contribution in [2.75, 3.05) is 19.8 Å². The van der Waals surface area contributed by atoms with Gasteiger partial charge in [-0.25, -0.2) is 9.97 Å². The third-order valence-electron chi connectivity index (χ3n) is 10.9. The summed E-state index contributed by atoms with van der Waals surface area (Å²) in [5, 5.41) is 4.50. The molecule has 1 atom stereocenters. The van der Waals surface area contributed by atoms with Crippen LogP contribution >= 0.6 is 0 Å². The molecule has 6 aromatic rings. The second kappa shape index (κ2) is 15.7. The van der Waals surface area contributed by atoms with Crippen LogP contribution in [-0.4, -0.2) is 86.1 Å². The van der Waals surface area contributed by atoms with Gasteiger partial charge >= 0.3 is 0 Å². The first-order valence-corrected chi connectivity index (χ1v) is 19.3. The Balaban J connectivity index is 0.697. The number of amides is 4. The van der Waals surface area contributed by atoms with Gasteiger partial charge in [0.1, 0.15) is 48.7 Å². The summed E-state index contributed by atoms with van der Waals surface area (Å²) in [5.41, 5.74) is 6.25. The van der Waals surface area contributed by atoms with Crippen molar-refractivity contribution >= 4 is 45.4 Å². The standard InChI is InChI=1S/C45H38N6O8/c1-26-18-29(4-3-15-56-16-17-57-30-7-9-34-35(22-30)45(55)51(44(34)54)38-10-11-41(52)49-43(38)53)47-25-40(26)58-31-20-32(21-31)59-42-12-6-28(23-48-42)27-5-8-33-36-24-46-14-13-37(36)50(2)39(33)19-27/h5-9,12-14,18-19,22-25,31-32,38H,10-11,15-17,20-21H2,1-2H3,(H,49,52,53)/t31-,32-,38?. The zero-order chi connectivity index (χ0) is 40.6. The second-order valence-electron chi connectivity index (χ2n) is 14.7. The Bertz CT molecular complexity index is 2730. The van der Waals surface area contributed by atoms with Crippen molar-refractivity contribution < 1.29 is 38.1 Å². The lowest BCUT2D eigenvalue weighted by molar-refractivity contribution is -0.136. The highest BCUT2D eigenvalue weighted by Gasteiger charge is 2.44. The van der Waals surface area contributed by atoms with E-state index in [-0.39, 0.29) is 56.0 Å². The molecule has 2 aliphatic heterocycles. The molecule has 1 N–H and O–H groups in total. The SMILES string of the molecule is Cc1cc(C#CCOCCOc2ccc3c(c2)C(=O)N(C2CCC(=O)NC2=O)C3=O)ncc1O[C@H]1C[C@H](Oc2ccc(-c3ccc4c5cnccc5n(C)c4c3)cn2)C1. The van der Waals surface area contributed by atoms with Gasteiger partial charge < -0.3 is 23.5 Å². The van der Waals surface area contributed by atoms with E-state index in [1.54, 1.807) is 12.3 Å². The van der Waals surface area contributed by atoms with Gasteiger partial charge in [0, 0.05) is 72.8 Å². The van der Waals surface area contributed by atoms with E-state index in [0.717, 1.165) is 50.9 Å². The normalized spacial score (nSPS) is 18.6. The van der Waals surface area contributed by atoms with Crippen LogP contribution in [-0.2, 0) is 21.4 Å². The molecule has 1 saturated heterocycles. The third-order valence-corrected chi connectivity index (χ3v) is 10.9. The first kappa shape index (κ1) is 37.5. The van der Waals surface area contributed by atoms with Crippen molar-refractivity contribution in [3.63, 3.8) is 0 Å². The van der Waals surface area contributed by atoms with Crippen LogP contribution in [0.15, 0.2) is 85.5 Å². The Hall–Kier alpha value is -7.11. The average molecular weight is 791 g/mol. The highest BCUT2D eigenvalue weighted by atomic mass is 16.5. The molecule has 14 nitrogen and oxygen atoms in total. The number of aromatic nitrogens is 4. The molecule has 3 aliphatic rings. The van der Waals surface area contributed by atoms with Gasteiger partial charge in [-0.05, 0) is 72.9 Å². The van der Waals surface area contributed by atoms with Gasteiger partial charge in [0.05, 0.1) is 29.4 Å². The molecule has 9 rings (SSSR count). The van der Waals surface area contributed by atoms with Crippen molar-refractivity contribution in [1.29, 1.82) is 0 Å². The maximum atomic E-state index is 13.0. The predicted octanol–water partition coefficient (Wildman–Crippen LogP) is 5.33. The lowest BCUT2D eigenvalue weighted by atomic mass is 9.92. The number of aryl methyl sites for hydroxylation is 2. The molecule has 14 heteroatoms. The Kier molecular flexibility index (Phi) is 9.95. The molecular formula is C45H38N6O8. The van der Waals surface area contributed by atoms with Crippen LogP contribution in [0.3, 0.4) is 0 Å². The summed E-state index contributed by atoms with van der Waals surface area (Å²) < 4.78 is 25.9. The number of imide groups is 2. The Morgan fingerprint density at radius 3 is 2.46 bits per heavy atom. The Labute approximate surface area is 338 Å². The van der Waals surface area contributed by atoms with E-state index >= 15 is 0 Å². The van der Waals surface area contributed by atoms with E-state index < -0.39 is 29.7 Å². The van der Waals surface area contributed by atoms with Crippen molar-refractivity contribution in [1.82, 2.24) is 29.7 Å². The maximum absolute atomic E-state index is 13.0. The van der Waals surface area contributed by atoms with Gasteiger partial charge in [-0.3, -0.25) is 34.4 Å². The third kappa shape index (κ3) is 7.44. The monoisotopic (exact) mass is 790 g/mol. The molecule has 4 amide bonds. The molecule has 59 heavy (non-hydrogen) atoms. The van der Waals surface area contributed by atoms with Crippen LogP contribution in [0.4, 0.5) is 0 Å². The molecule has 1 aliphatic carbocycles. The fourth-order valence-electron chi connectivity index (χ4n) is 7.66. The smallest absolute Gasteiger partial charge is 0.262 e. The number of rotatable bonds is 11. The number of nitrogens with one attached hydrogen (secondary N) is 1. The van der Waals surface area contributed by atoms with Gasteiger partial charge in [0.25, 0.3) is 11.8 Å². The van der Waals surface area contributed by atoms with Gasteiger partial charge in [0.15, 0.2) is 0 Å². The number of hydrogen-bond donors (Lipinski definition) is 1. The minimum absolute atomic E-state index is 0.0161. The highest BCUT2D eigenvalue weighted by Crippen LogP contribution is 2.34. The van der Waals surface area contributed by atoms with E-state index in [9.17, 15) is 19.2 Å². The fraction of sp³-hybridized carbons (Fsp3) is 0.267. The van der Waals surface area contributed by atoms with Crippen LogP contribution in [0, 0.1) is 18.8 Å². The van der Waals surface area contributed by atoms with Gasteiger partial charge in [-0.1, -0.05) is 18.1 Å². The first-order chi connectivity index (χ1) is 28.7. The number of fused-ring (bicyclic) bond motifs is 4. The fourth-order valence-corrected chi connectivity index (χ4v) is 7.66. The molecule has 0 radical (unpaired) electrons. The summed E-state index contributed by atoms with van der Waals surface area (Å²) in [6.07, 6.45) is 8.93. The average Bonchev–Trinajstić information content (AvgIpc) is 3.65. The van der Waals surface area contributed by atoms with Crippen LogP contribution in [0.5, 0.6) is 17.4 Å². The summed E-state index contributed by atoms with van der Waals surface area (Å²) in [6.45, 7) is 2.52. The molecule has 0 spiro atoms. The first-order valence-electron chi connectivity index (χ1n) is 19.3. The molecule has 4 aromatic heterocycles. The summed E-state index contributed by atoms with van der Waals surface area (Å²) >= 11 is 0. The van der Waals surface area contributed by atoms with Crippen molar-refractivity contribution in [2.24, 2.45) is 7.05 Å². The Morgan fingerprint density at radius 2 is 1.64 bits per heavy atom.